The fourth-order valence-corrected chi connectivity index (χ4v) is 2.63. The first-order valence-electron chi connectivity index (χ1n) is 6.49. The summed E-state index contributed by atoms with van der Waals surface area (Å²) in [6.45, 7) is 3.25. The molecule has 1 aromatic rings. The molecule has 17 heavy (non-hydrogen) atoms. The van der Waals surface area contributed by atoms with Crippen LogP contribution in [0, 0.1) is 6.92 Å². The van der Waals surface area contributed by atoms with Gasteiger partial charge in [-0.05, 0) is 25.8 Å². The van der Waals surface area contributed by atoms with Crippen molar-refractivity contribution in [1.82, 2.24) is 9.78 Å². The van der Waals surface area contributed by atoms with Crippen molar-refractivity contribution >= 4 is 0 Å². The number of rotatable bonds is 4. The Bertz CT molecular complexity index is 367. The molecule has 0 aromatic carbocycles. The second-order valence-corrected chi connectivity index (χ2v) is 5.14. The van der Waals surface area contributed by atoms with Crippen LogP contribution >= 0.6 is 0 Å². The van der Waals surface area contributed by atoms with E-state index in [2.05, 4.69) is 11.2 Å². The summed E-state index contributed by atoms with van der Waals surface area (Å²) >= 11 is 0. The molecule has 0 amide bonds. The number of nitrogens with two attached hydrogens (primary N) is 1. The van der Waals surface area contributed by atoms with Crippen LogP contribution in [0.4, 0.5) is 0 Å². The van der Waals surface area contributed by atoms with Gasteiger partial charge in [0.25, 0.3) is 0 Å². The molecule has 4 heteroatoms. The van der Waals surface area contributed by atoms with Crippen LogP contribution in [-0.4, -0.2) is 21.9 Å². The van der Waals surface area contributed by atoms with E-state index < -0.39 is 0 Å². The van der Waals surface area contributed by atoms with Gasteiger partial charge < -0.3 is 10.5 Å². The molecule has 1 saturated carbocycles. The van der Waals surface area contributed by atoms with Crippen LogP contribution in [0.1, 0.15) is 43.5 Å². The van der Waals surface area contributed by atoms with Crippen molar-refractivity contribution in [3.8, 4) is 0 Å². The highest BCUT2D eigenvalue weighted by Crippen LogP contribution is 2.31. The molecule has 0 unspecified atom stereocenters. The topological polar surface area (TPSA) is 53.1 Å². The third kappa shape index (κ3) is 2.87. The monoisotopic (exact) mass is 237 g/mol. The molecule has 1 heterocycles. The van der Waals surface area contributed by atoms with E-state index >= 15 is 0 Å². The van der Waals surface area contributed by atoms with Gasteiger partial charge >= 0.3 is 0 Å². The van der Waals surface area contributed by atoms with Crippen LogP contribution in [0.3, 0.4) is 0 Å². The van der Waals surface area contributed by atoms with Crippen molar-refractivity contribution in [1.29, 1.82) is 0 Å². The summed E-state index contributed by atoms with van der Waals surface area (Å²) in [7, 11) is 1.96. The van der Waals surface area contributed by atoms with Gasteiger partial charge in [0, 0.05) is 13.6 Å². The normalized spacial score (nSPS) is 19.5. The van der Waals surface area contributed by atoms with Crippen molar-refractivity contribution in [2.45, 2.75) is 51.2 Å². The molecule has 0 spiro atoms. The minimum atomic E-state index is -0.0869. The molecular weight excluding hydrogens is 214 g/mol. The third-order valence-corrected chi connectivity index (χ3v) is 3.76. The van der Waals surface area contributed by atoms with Gasteiger partial charge in [-0.3, -0.25) is 4.68 Å². The average Bonchev–Trinajstić information content (AvgIpc) is 2.67. The molecule has 0 bridgehead atoms. The van der Waals surface area contributed by atoms with Crippen LogP contribution in [0.5, 0.6) is 0 Å². The number of ether oxygens (including phenoxy) is 1. The number of nitrogens with zero attached hydrogens (tertiary/aromatic N) is 2. The van der Waals surface area contributed by atoms with Crippen molar-refractivity contribution in [2.75, 3.05) is 6.54 Å². The maximum Gasteiger partial charge on any atom is 0.0892 e. The highest BCUT2D eigenvalue weighted by molar-refractivity contribution is 5.07. The van der Waals surface area contributed by atoms with E-state index in [1.807, 2.05) is 18.7 Å². The molecule has 2 rings (SSSR count). The fourth-order valence-electron chi connectivity index (χ4n) is 2.63. The Morgan fingerprint density at radius 3 is 2.65 bits per heavy atom. The molecule has 1 fully saturated rings. The standard InChI is InChI=1S/C13H23N3O/c1-11-8-12(16(2)15-11)9-17-13(10-14)6-4-3-5-7-13/h8H,3-7,9-10,14H2,1-2H3. The second-order valence-electron chi connectivity index (χ2n) is 5.14. The summed E-state index contributed by atoms with van der Waals surface area (Å²) in [6, 6.07) is 2.08. The van der Waals surface area contributed by atoms with E-state index in [0.29, 0.717) is 13.2 Å². The Morgan fingerprint density at radius 2 is 2.12 bits per heavy atom. The van der Waals surface area contributed by atoms with E-state index in [4.69, 9.17) is 10.5 Å². The largest absolute Gasteiger partial charge is 0.367 e. The smallest absolute Gasteiger partial charge is 0.0892 e. The van der Waals surface area contributed by atoms with Crippen molar-refractivity contribution < 1.29 is 4.74 Å². The molecule has 1 aromatic heterocycles. The van der Waals surface area contributed by atoms with Crippen LogP contribution < -0.4 is 5.73 Å². The first-order valence-corrected chi connectivity index (χ1v) is 6.49. The predicted molar refractivity (Wildman–Crippen MR) is 67.6 cm³/mol. The summed E-state index contributed by atoms with van der Waals surface area (Å²) < 4.78 is 8.01. The van der Waals surface area contributed by atoms with E-state index in [9.17, 15) is 0 Å². The van der Waals surface area contributed by atoms with Gasteiger partial charge in [0.2, 0.25) is 0 Å². The lowest BCUT2D eigenvalue weighted by atomic mass is 9.85. The van der Waals surface area contributed by atoms with E-state index in [1.54, 1.807) is 0 Å². The second kappa shape index (κ2) is 5.19. The number of hydrogen-bond donors (Lipinski definition) is 1. The van der Waals surface area contributed by atoms with Crippen LogP contribution in [0.2, 0.25) is 0 Å². The zero-order chi connectivity index (χ0) is 12.3. The average molecular weight is 237 g/mol. The van der Waals surface area contributed by atoms with Crippen LogP contribution in [-0.2, 0) is 18.4 Å². The molecule has 2 N–H and O–H groups in total. The Balaban J connectivity index is 1.98. The Labute approximate surface area is 103 Å². The summed E-state index contributed by atoms with van der Waals surface area (Å²) in [5.41, 5.74) is 7.98. The van der Waals surface area contributed by atoms with Crippen LogP contribution in [0.15, 0.2) is 6.07 Å². The molecule has 0 aliphatic heterocycles. The Kier molecular flexibility index (Phi) is 3.84. The minimum absolute atomic E-state index is 0.0869. The van der Waals surface area contributed by atoms with Crippen molar-refractivity contribution in [3.05, 3.63) is 17.5 Å². The summed E-state index contributed by atoms with van der Waals surface area (Å²) in [6.07, 6.45) is 5.99. The molecule has 0 saturated heterocycles. The van der Waals surface area contributed by atoms with E-state index in [-0.39, 0.29) is 5.60 Å². The summed E-state index contributed by atoms with van der Waals surface area (Å²) in [5, 5.41) is 4.33. The fraction of sp³-hybridized carbons (Fsp3) is 0.769. The number of aromatic nitrogens is 2. The number of hydrogen-bond acceptors (Lipinski definition) is 3. The first-order chi connectivity index (χ1) is 8.15. The summed E-state index contributed by atoms with van der Waals surface area (Å²) in [4.78, 5) is 0. The van der Waals surface area contributed by atoms with Gasteiger partial charge in [-0.1, -0.05) is 19.3 Å². The van der Waals surface area contributed by atoms with Gasteiger partial charge in [0.1, 0.15) is 0 Å². The maximum absolute atomic E-state index is 6.11. The Morgan fingerprint density at radius 1 is 1.41 bits per heavy atom. The SMILES string of the molecule is Cc1cc(COC2(CN)CCCCC2)n(C)n1. The highest BCUT2D eigenvalue weighted by Gasteiger charge is 2.31. The molecule has 1 aliphatic carbocycles. The maximum atomic E-state index is 6.11. The van der Waals surface area contributed by atoms with E-state index in [0.717, 1.165) is 24.2 Å². The van der Waals surface area contributed by atoms with Gasteiger partial charge in [-0.15, -0.1) is 0 Å². The van der Waals surface area contributed by atoms with Gasteiger partial charge in [0.05, 0.1) is 23.6 Å². The first kappa shape index (κ1) is 12.6. The van der Waals surface area contributed by atoms with Crippen molar-refractivity contribution in [2.24, 2.45) is 12.8 Å². The zero-order valence-electron chi connectivity index (χ0n) is 10.9. The van der Waals surface area contributed by atoms with E-state index in [1.165, 1.54) is 19.3 Å². The predicted octanol–water partition coefficient (Wildman–Crippen LogP) is 1.91. The quantitative estimate of drug-likeness (QED) is 0.870. The highest BCUT2D eigenvalue weighted by atomic mass is 16.5. The molecule has 4 nitrogen and oxygen atoms in total. The third-order valence-electron chi connectivity index (χ3n) is 3.76. The molecule has 0 atom stereocenters. The summed E-state index contributed by atoms with van der Waals surface area (Å²) in [5.74, 6) is 0. The van der Waals surface area contributed by atoms with Gasteiger partial charge in [-0.25, -0.2) is 0 Å². The lowest BCUT2D eigenvalue weighted by Crippen LogP contribution is -2.42. The molecular formula is C13H23N3O. The minimum Gasteiger partial charge on any atom is -0.367 e. The van der Waals surface area contributed by atoms with Crippen molar-refractivity contribution in [3.63, 3.8) is 0 Å². The van der Waals surface area contributed by atoms with Crippen LogP contribution in [0.25, 0.3) is 0 Å². The number of aryl methyl sites for hydroxylation is 2. The van der Waals surface area contributed by atoms with Gasteiger partial charge in [-0.2, -0.15) is 5.10 Å². The molecule has 0 radical (unpaired) electrons. The Hall–Kier alpha value is -0.870. The zero-order valence-corrected chi connectivity index (χ0v) is 10.9. The molecule has 96 valence electrons. The molecule has 1 aliphatic rings. The lowest BCUT2D eigenvalue weighted by Gasteiger charge is -2.36. The van der Waals surface area contributed by atoms with Gasteiger partial charge in [0.15, 0.2) is 0 Å². The lowest BCUT2D eigenvalue weighted by molar-refractivity contribution is -0.0753.